The van der Waals surface area contributed by atoms with Crippen molar-refractivity contribution < 1.29 is 9.90 Å². The van der Waals surface area contributed by atoms with Crippen LogP contribution >= 0.6 is 15.9 Å². The van der Waals surface area contributed by atoms with Gasteiger partial charge >= 0.3 is 5.97 Å². The van der Waals surface area contributed by atoms with E-state index in [4.69, 9.17) is 5.11 Å². The second kappa shape index (κ2) is 3.30. The maximum atomic E-state index is 10.7. The van der Waals surface area contributed by atoms with Gasteiger partial charge in [0.1, 0.15) is 5.52 Å². The molecule has 0 unspecified atom stereocenters. The molecule has 0 spiro atoms. The van der Waals surface area contributed by atoms with Crippen molar-refractivity contribution in [3.63, 3.8) is 0 Å². The van der Waals surface area contributed by atoms with Crippen LogP contribution in [0.3, 0.4) is 0 Å². The van der Waals surface area contributed by atoms with Crippen LogP contribution < -0.4 is 0 Å². The van der Waals surface area contributed by atoms with Crippen LogP contribution in [0.1, 0.15) is 10.5 Å². The molecule has 0 saturated carbocycles. The number of hydrogen-bond donors (Lipinski definition) is 1. The highest BCUT2D eigenvalue weighted by molar-refractivity contribution is 9.10. The number of aromatic carboxylic acids is 1. The molecule has 0 aliphatic rings. The molecule has 2 rings (SSSR count). The summed E-state index contributed by atoms with van der Waals surface area (Å²) in [4.78, 5) is 22.5. The highest BCUT2D eigenvalue weighted by Crippen LogP contribution is 2.18. The molecule has 0 aromatic carbocycles. The van der Waals surface area contributed by atoms with E-state index < -0.39 is 5.97 Å². The topological polar surface area (TPSA) is 76.0 Å². The molecule has 0 fully saturated rings. The van der Waals surface area contributed by atoms with Gasteiger partial charge in [0.15, 0.2) is 11.3 Å². The molecule has 0 bridgehead atoms. The molecule has 1 N–H and O–H groups in total. The van der Waals surface area contributed by atoms with Gasteiger partial charge < -0.3 is 5.11 Å². The number of hydrogen-bond acceptors (Lipinski definition) is 4. The molecule has 0 radical (unpaired) electrons. The summed E-state index contributed by atoms with van der Waals surface area (Å²) in [5.41, 5.74) is 0.829. The van der Waals surface area contributed by atoms with Crippen LogP contribution in [-0.4, -0.2) is 26.0 Å². The first-order chi connectivity index (χ1) is 6.68. The van der Waals surface area contributed by atoms with Gasteiger partial charge in [0.2, 0.25) is 0 Å². The molecular weight excluding hydrogens is 250 g/mol. The number of nitrogens with zero attached hydrogens (tertiary/aromatic N) is 3. The van der Waals surface area contributed by atoms with Crippen molar-refractivity contribution in [3.05, 3.63) is 28.6 Å². The second-order valence-corrected chi connectivity index (χ2v) is 3.38. The van der Waals surface area contributed by atoms with E-state index >= 15 is 0 Å². The number of rotatable bonds is 1. The van der Waals surface area contributed by atoms with Crippen molar-refractivity contribution in [1.29, 1.82) is 0 Å². The predicted octanol–water partition coefficient (Wildman–Crippen LogP) is 1.49. The number of halogens is 1. The third-order valence-electron chi connectivity index (χ3n) is 1.62. The minimum absolute atomic E-state index is 0.0574. The molecular formula is C8H4BrN3O2. The molecule has 70 valence electrons. The lowest BCUT2D eigenvalue weighted by molar-refractivity contribution is 0.0690. The third kappa shape index (κ3) is 1.44. The Bertz CT molecular complexity index is 515. The lowest BCUT2D eigenvalue weighted by Crippen LogP contribution is -2.02. The normalized spacial score (nSPS) is 10.4. The fourth-order valence-corrected chi connectivity index (χ4v) is 1.50. The van der Waals surface area contributed by atoms with Gasteiger partial charge in [0.05, 0.1) is 4.47 Å². The van der Waals surface area contributed by atoms with Gasteiger partial charge in [-0.2, -0.15) is 0 Å². The summed E-state index contributed by atoms with van der Waals surface area (Å²) >= 11 is 3.11. The van der Waals surface area contributed by atoms with Crippen LogP contribution in [0, 0.1) is 0 Å². The molecule has 6 heteroatoms. The van der Waals surface area contributed by atoms with Gasteiger partial charge in [-0.1, -0.05) is 0 Å². The van der Waals surface area contributed by atoms with Gasteiger partial charge in [-0.15, -0.1) is 0 Å². The molecule has 0 aliphatic carbocycles. The summed E-state index contributed by atoms with van der Waals surface area (Å²) in [5, 5.41) is 8.78. The fourth-order valence-electron chi connectivity index (χ4n) is 1.03. The first kappa shape index (κ1) is 9.01. The minimum atomic E-state index is -1.09. The van der Waals surface area contributed by atoms with Gasteiger partial charge in [0.25, 0.3) is 0 Å². The van der Waals surface area contributed by atoms with Crippen molar-refractivity contribution in [2.24, 2.45) is 0 Å². The Balaban J connectivity index is 2.77. The smallest absolute Gasteiger partial charge is 0.355 e. The Morgan fingerprint density at radius 1 is 1.36 bits per heavy atom. The molecule has 0 aliphatic heterocycles. The van der Waals surface area contributed by atoms with Crippen molar-refractivity contribution in [3.8, 4) is 0 Å². The number of pyridine rings is 1. The van der Waals surface area contributed by atoms with Crippen LogP contribution in [0.2, 0.25) is 0 Å². The highest BCUT2D eigenvalue weighted by atomic mass is 79.9. The fraction of sp³-hybridized carbons (Fsp3) is 0. The lowest BCUT2D eigenvalue weighted by atomic mass is 10.3. The number of carboxylic acid groups (broad SMARTS) is 1. The van der Waals surface area contributed by atoms with Crippen LogP contribution in [0.4, 0.5) is 0 Å². The molecule has 5 nitrogen and oxygen atoms in total. The lowest BCUT2D eigenvalue weighted by Gasteiger charge is -1.99. The molecule has 14 heavy (non-hydrogen) atoms. The van der Waals surface area contributed by atoms with E-state index in [-0.39, 0.29) is 5.69 Å². The zero-order valence-corrected chi connectivity index (χ0v) is 8.39. The molecule has 2 heterocycles. The van der Waals surface area contributed by atoms with E-state index in [2.05, 4.69) is 30.9 Å². The summed E-state index contributed by atoms with van der Waals surface area (Å²) in [7, 11) is 0. The van der Waals surface area contributed by atoms with E-state index in [0.717, 1.165) is 0 Å². The van der Waals surface area contributed by atoms with E-state index in [9.17, 15) is 4.79 Å². The van der Waals surface area contributed by atoms with Gasteiger partial charge in [-0.25, -0.2) is 14.8 Å². The predicted molar refractivity (Wildman–Crippen MR) is 52.0 cm³/mol. The quantitative estimate of drug-likeness (QED) is 0.834. The molecule has 0 atom stereocenters. The zero-order chi connectivity index (χ0) is 10.1. The van der Waals surface area contributed by atoms with Crippen molar-refractivity contribution >= 4 is 33.1 Å². The second-order valence-electron chi connectivity index (χ2n) is 2.52. The summed E-state index contributed by atoms with van der Waals surface area (Å²) in [6.07, 6.45) is 2.99. The molecule has 0 saturated heterocycles. The van der Waals surface area contributed by atoms with Gasteiger partial charge in [0, 0.05) is 12.4 Å². The van der Waals surface area contributed by atoms with Crippen molar-refractivity contribution in [2.45, 2.75) is 0 Å². The van der Waals surface area contributed by atoms with Crippen molar-refractivity contribution in [1.82, 2.24) is 15.0 Å². The average molecular weight is 254 g/mol. The minimum Gasteiger partial charge on any atom is -0.476 e. The number of fused-ring (bicyclic) bond motifs is 1. The monoisotopic (exact) mass is 253 g/mol. The maximum absolute atomic E-state index is 10.7. The molecule has 2 aromatic rings. The summed E-state index contributed by atoms with van der Waals surface area (Å²) in [6, 6.07) is 1.58. The van der Waals surface area contributed by atoms with Crippen LogP contribution in [0.5, 0.6) is 0 Å². The van der Waals surface area contributed by atoms with E-state index in [1.54, 1.807) is 6.07 Å². The Kier molecular flexibility index (Phi) is 2.12. The van der Waals surface area contributed by atoms with Gasteiger partial charge in [-0.3, -0.25) is 4.98 Å². The first-order valence-corrected chi connectivity index (χ1v) is 4.48. The highest BCUT2D eigenvalue weighted by Gasteiger charge is 2.12. The summed E-state index contributed by atoms with van der Waals surface area (Å²) in [6.45, 7) is 0. The first-order valence-electron chi connectivity index (χ1n) is 3.69. The van der Waals surface area contributed by atoms with Gasteiger partial charge in [-0.05, 0) is 22.0 Å². The number of carbonyl (C=O) groups is 1. The number of carboxylic acids is 1. The zero-order valence-electron chi connectivity index (χ0n) is 6.81. The van der Waals surface area contributed by atoms with E-state index in [1.807, 2.05) is 0 Å². The van der Waals surface area contributed by atoms with Crippen LogP contribution in [0.25, 0.3) is 11.2 Å². The Hall–Kier alpha value is -1.56. The third-order valence-corrected chi connectivity index (χ3v) is 2.22. The molecule has 0 amide bonds. The Morgan fingerprint density at radius 3 is 2.79 bits per heavy atom. The maximum Gasteiger partial charge on any atom is 0.355 e. The SMILES string of the molecule is O=C(O)c1nc2nccnc2cc1Br. The van der Waals surface area contributed by atoms with Crippen LogP contribution in [-0.2, 0) is 0 Å². The van der Waals surface area contributed by atoms with E-state index in [0.29, 0.717) is 15.6 Å². The standard InChI is InChI=1S/C8H4BrN3O2/c9-4-3-5-7(11-2-1-10-5)12-6(4)8(13)14/h1-3H,(H,13,14). The Labute approximate surface area is 87.0 Å². The molecule has 2 aromatic heterocycles. The number of aromatic nitrogens is 3. The summed E-state index contributed by atoms with van der Waals surface area (Å²) in [5.74, 6) is -1.09. The average Bonchev–Trinajstić information content (AvgIpc) is 2.16. The Morgan fingerprint density at radius 2 is 2.07 bits per heavy atom. The van der Waals surface area contributed by atoms with E-state index in [1.165, 1.54) is 12.4 Å². The van der Waals surface area contributed by atoms with Crippen LogP contribution in [0.15, 0.2) is 22.9 Å². The summed E-state index contributed by atoms with van der Waals surface area (Å²) < 4.78 is 0.401. The van der Waals surface area contributed by atoms with Crippen molar-refractivity contribution in [2.75, 3.05) is 0 Å². The largest absolute Gasteiger partial charge is 0.476 e.